The van der Waals surface area contributed by atoms with E-state index in [0.29, 0.717) is 12.3 Å². The van der Waals surface area contributed by atoms with E-state index < -0.39 is 18.0 Å². The summed E-state index contributed by atoms with van der Waals surface area (Å²) in [5.41, 5.74) is 6.58. The van der Waals surface area contributed by atoms with Crippen molar-refractivity contribution >= 4 is 11.4 Å². The average Bonchev–Trinajstić information content (AvgIpc) is 2.63. The maximum Gasteiger partial charge on any atom is 0.167 e. The number of nitrogens with zero attached hydrogens (tertiary/aromatic N) is 1. The van der Waals surface area contributed by atoms with Gasteiger partial charge >= 0.3 is 0 Å². The van der Waals surface area contributed by atoms with Crippen LogP contribution >= 0.6 is 0 Å². The van der Waals surface area contributed by atoms with Crippen molar-refractivity contribution in [3.63, 3.8) is 0 Å². The number of rotatable bonds is 3. The summed E-state index contributed by atoms with van der Waals surface area (Å²) in [5, 5.41) is 19.0. The summed E-state index contributed by atoms with van der Waals surface area (Å²) < 4.78 is 18.7. The minimum Gasteiger partial charge on any atom is -0.491 e. The monoisotopic (exact) mass is 256 g/mol. The van der Waals surface area contributed by atoms with Gasteiger partial charge in [-0.2, -0.15) is 0 Å². The van der Waals surface area contributed by atoms with Gasteiger partial charge in [-0.05, 0) is 6.92 Å². The third-order valence-electron chi connectivity index (χ3n) is 2.98. The Morgan fingerprint density at radius 2 is 2.00 bits per heavy atom. The van der Waals surface area contributed by atoms with Crippen molar-refractivity contribution in [3.05, 3.63) is 17.9 Å². The molecule has 0 bridgehead atoms. The molecule has 6 heteroatoms. The van der Waals surface area contributed by atoms with Gasteiger partial charge in [0.2, 0.25) is 0 Å². The van der Waals surface area contributed by atoms with Crippen LogP contribution in [0.2, 0.25) is 0 Å². The highest BCUT2D eigenvalue weighted by Crippen LogP contribution is 2.33. The van der Waals surface area contributed by atoms with Gasteiger partial charge < -0.3 is 25.6 Å². The summed E-state index contributed by atoms with van der Waals surface area (Å²) in [4.78, 5) is 1.71. The molecular formula is C12H17FN2O3. The van der Waals surface area contributed by atoms with Crippen molar-refractivity contribution in [2.45, 2.75) is 19.1 Å². The van der Waals surface area contributed by atoms with E-state index in [-0.39, 0.29) is 24.5 Å². The third kappa shape index (κ3) is 2.34. The highest BCUT2D eigenvalue weighted by molar-refractivity contribution is 5.70. The fraction of sp³-hybridized carbons (Fsp3) is 0.500. The average molecular weight is 256 g/mol. The molecule has 2 atom stereocenters. The van der Waals surface area contributed by atoms with Crippen LogP contribution in [0.15, 0.2) is 12.1 Å². The van der Waals surface area contributed by atoms with Gasteiger partial charge in [0.05, 0.1) is 30.2 Å². The predicted octanol–water partition coefficient (Wildman–Crippen LogP) is 0.348. The summed E-state index contributed by atoms with van der Waals surface area (Å²) in [6.45, 7) is 2.65. The Balaban J connectivity index is 2.30. The van der Waals surface area contributed by atoms with Crippen molar-refractivity contribution in [1.82, 2.24) is 0 Å². The first kappa shape index (κ1) is 12.9. The Labute approximate surface area is 105 Å². The molecule has 1 aromatic carbocycles. The van der Waals surface area contributed by atoms with Gasteiger partial charge in [0.15, 0.2) is 11.6 Å². The van der Waals surface area contributed by atoms with E-state index in [1.54, 1.807) is 11.8 Å². The lowest BCUT2D eigenvalue weighted by atomic mass is 10.2. The number of halogens is 1. The zero-order chi connectivity index (χ0) is 13.3. The van der Waals surface area contributed by atoms with Crippen molar-refractivity contribution < 1.29 is 19.3 Å². The highest BCUT2D eigenvalue weighted by Gasteiger charge is 2.31. The van der Waals surface area contributed by atoms with Gasteiger partial charge in [0.25, 0.3) is 0 Å². The van der Waals surface area contributed by atoms with Crippen molar-refractivity contribution in [3.8, 4) is 5.75 Å². The minimum absolute atomic E-state index is 0.123. The molecule has 0 aliphatic carbocycles. The SMILES string of the molecule is CCOc1cc(N2CC(O)C(O)C2)c(N)cc1F. The van der Waals surface area contributed by atoms with Gasteiger partial charge in [-0.1, -0.05) is 0 Å². The molecule has 1 heterocycles. The maximum absolute atomic E-state index is 13.5. The normalized spacial score (nSPS) is 23.4. The number of ether oxygens (including phenoxy) is 1. The smallest absolute Gasteiger partial charge is 0.167 e. The maximum atomic E-state index is 13.5. The molecule has 1 saturated heterocycles. The van der Waals surface area contributed by atoms with Crippen LogP contribution in [0.3, 0.4) is 0 Å². The van der Waals surface area contributed by atoms with Gasteiger partial charge in [-0.15, -0.1) is 0 Å². The highest BCUT2D eigenvalue weighted by atomic mass is 19.1. The molecule has 1 aliphatic heterocycles. The molecule has 1 fully saturated rings. The Kier molecular flexibility index (Phi) is 3.58. The van der Waals surface area contributed by atoms with Crippen LogP contribution in [0.5, 0.6) is 5.75 Å². The van der Waals surface area contributed by atoms with Crippen LogP contribution in [-0.4, -0.2) is 42.1 Å². The first-order chi connectivity index (χ1) is 8.52. The molecule has 0 saturated carbocycles. The summed E-state index contributed by atoms with van der Waals surface area (Å²) in [6, 6.07) is 2.69. The Morgan fingerprint density at radius 1 is 1.39 bits per heavy atom. The number of nitrogen functional groups attached to an aromatic ring is 1. The van der Waals surface area contributed by atoms with Crippen molar-refractivity contribution in [2.75, 3.05) is 30.3 Å². The zero-order valence-electron chi connectivity index (χ0n) is 10.1. The molecule has 0 aromatic heterocycles. The van der Waals surface area contributed by atoms with Crippen molar-refractivity contribution in [2.24, 2.45) is 0 Å². The topological polar surface area (TPSA) is 79.0 Å². The lowest BCUT2D eigenvalue weighted by Gasteiger charge is -2.21. The standard InChI is InChI=1S/C12H17FN2O3/c1-2-18-12-4-9(8(14)3-7(12)13)15-5-10(16)11(17)6-15/h3-4,10-11,16-17H,2,5-6,14H2,1H3. The molecule has 4 N–H and O–H groups in total. The van der Waals surface area contributed by atoms with Crippen LogP contribution in [0, 0.1) is 5.82 Å². The third-order valence-corrected chi connectivity index (χ3v) is 2.98. The van der Waals surface area contributed by atoms with E-state index in [2.05, 4.69) is 0 Å². The number of nitrogens with two attached hydrogens (primary N) is 1. The molecule has 1 aliphatic rings. The van der Waals surface area contributed by atoms with Crippen molar-refractivity contribution in [1.29, 1.82) is 0 Å². The lowest BCUT2D eigenvalue weighted by Crippen LogP contribution is -2.22. The fourth-order valence-corrected chi connectivity index (χ4v) is 2.06. The molecule has 5 nitrogen and oxygen atoms in total. The molecule has 2 unspecified atom stereocenters. The van der Waals surface area contributed by atoms with E-state index in [9.17, 15) is 14.6 Å². The molecule has 2 rings (SSSR count). The van der Waals surface area contributed by atoms with E-state index in [4.69, 9.17) is 10.5 Å². The Hall–Kier alpha value is -1.53. The van der Waals surface area contributed by atoms with Crippen LogP contribution in [0.1, 0.15) is 6.92 Å². The number of aliphatic hydroxyl groups is 2. The second-order valence-electron chi connectivity index (χ2n) is 4.31. The number of hydrogen-bond donors (Lipinski definition) is 3. The predicted molar refractivity (Wildman–Crippen MR) is 66.2 cm³/mol. The molecule has 100 valence electrons. The first-order valence-electron chi connectivity index (χ1n) is 5.85. The summed E-state index contributed by atoms with van der Waals surface area (Å²) >= 11 is 0. The number of aliphatic hydroxyl groups excluding tert-OH is 2. The molecule has 18 heavy (non-hydrogen) atoms. The molecule has 0 radical (unpaired) electrons. The van der Waals surface area contributed by atoms with Gasteiger partial charge in [-0.25, -0.2) is 4.39 Å². The molecule has 0 amide bonds. The first-order valence-corrected chi connectivity index (χ1v) is 5.85. The Morgan fingerprint density at radius 3 is 2.56 bits per heavy atom. The Bertz CT molecular complexity index is 432. The number of benzene rings is 1. The summed E-state index contributed by atoms with van der Waals surface area (Å²) in [5.74, 6) is -0.393. The molecule has 0 spiro atoms. The summed E-state index contributed by atoms with van der Waals surface area (Å²) in [7, 11) is 0. The van der Waals surface area contributed by atoms with E-state index in [1.807, 2.05) is 0 Å². The van der Waals surface area contributed by atoms with E-state index in [0.717, 1.165) is 0 Å². The minimum atomic E-state index is -0.815. The van der Waals surface area contributed by atoms with Gasteiger partial charge in [-0.3, -0.25) is 0 Å². The molecule has 1 aromatic rings. The number of hydrogen-bond acceptors (Lipinski definition) is 5. The summed E-state index contributed by atoms with van der Waals surface area (Å²) in [6.07, 6.45) is -1.63. The van der Waals surface area contributed by atoms with Gasteiger partial charge in [0.1, 0.15) is 0 Å². The second-order valence-corrected chi connectivity index (χ2v) is 4.31. The zero-order valence-corrected chi connectivity index (χ0v) is 10.1. The number of anilines is 2. The van der Waals surface area contributed by atoms with Crippen LogP contribution in [0.25, 0.3) is 0 Å². The second kappa shape index (κ2) is 4.99. The van der Waals surface area contributed by atoms with Crippen LogP contribution in [0.4, 0.5) is 15.8 Å². The van der Waals surface area contributed by atoms with Gasteiger partial charge in [0, 0.05) is 25.2 Å². The quantitative estimate of drug-likeness (QED) is 0.680. The van der Waals surface area contributed by atoms with E-state index in [1.165, 1.54) is 12.1 Å². The fourth-order valence-electron chi connectivity index (χ4n) is 2.06. The van der Waals surface area contributed by atoms with E-state index >= 15 is 0 Å². The van der Waals surface area contributed by atoms with Crippen LogP contribution in [-0.2, 0) is 0 Å². The molecular weight excluding hydrogens is 239 g/mol. The number of β-amino-alcohol motifs (C(OH)–C–C–N with tert-alkyl or cyclic N) is 2. The largest absolute Gasteiger partial charge is 0.491 e. The lowest BCUT2D eigenvalue weighted by molar-refractivity contribution is 0.0572. The van der Waals surface area contributed by atoms with Crippen LogP contribution < -0.4 is 15.4 Å².